The molecule has 4 N–H and O–H groups in total. The number of nitrogens with zero attached hydrogens (tertiary/aromatic N) is 1. The highest BCUT2D eigenvalue weighted by atomic mass is 16.2. The zero-order valence-corrected chi connectivity index (χ0v) is 12.1. The summed E-state index contributed by atoms with van der Waals surface area (Å²) in [5.41, 5.74) is 11.0. The van der Waals surface area contributed by atoms with Crippen LogP contribution in [0.15, 0.2) is 0 Å². The van der Waals surface area contributed by atoms with Crippen molar-refractivity contribution < 1.29 is 9.59 Å². The van der Waals surface area contributed by atoms with Crippen LogP contribution in [-0.4, -0.2) is 36.3 Å². The normalized spacial score (nSPS) is 18.6. The molecule has 5 nitrogen and oxygen atoms in total. The van der Waals surface area contributed by atoms with Crippen molar-refractivity contribution in [2.24, 2.45) is 29.2 Å². The Balaban J connectivity index is 2.40. The van der Waals surface area contributed by atoms with Gasteiger partial charge < -0.3 is 16.4 Å². The molecule has 0 bridgehead atoms. The zero-order chi connectivity index (χ0) is 14.4. The summed E-state index contributed by atoms with van der Waals surface area (Å²) in [5.74, 6) is 0.680. The van der Waals surface area contributed by atoms with Gasteiger partial charge in [0.1, 0.15) is 0 Å². The quantitative estimate of drug-likeness (QED) is 0.744. The van der Waals surface area contributed by atoms with E-state index in [1.165, 1.54) is 0 Å². The van der Waals surface area contributed by atoms with E-state index < -0.39 is 0 Å². The molecular formula is C14H27N3O2. The maximum Gasteiger partial charge on any atom is 0.222 e. The minimum Gasteiger partial charge on any atom is -0.369 e. The van der Waals surface area contributed by atoms with E-state index in [9.17, 15) is 9.59 Å². The lowest BCUT2D eigenvalue weighted by Crippen LogP contribution is -2.42. The number of likely N-dealkylation sites (tertiary alicyclic amines) is 1. The molecule has 2 amide bonds. The first-order valence-corrected chi connectivity index (χ1v) is 7.21. The van der Waals surface area contributed by atoms with Gasteiger partial charge in [-0.15, -0.1) is 0 Å². The lowest BCUT2D eigenvalue weighted by molar-refractivity contribution is -0.135. The van der Waals surface area contributed by atoms with Crippen LogP contribution in [0.1, 0.15) is 39.5 Å². The molecule has 1 rings (SSSR count). The summed E-state index contributed by atoms with van der Waals surface area (Å²) in [6.07, 6.45) is 2.90. The smallest absolute Gasteiger partial charge is 0.222 e. The molecule has 1 atom stereocenters. The van der Waals surface area contributed by atoms with Crippen molar-refractivity contribution in [3.05, 3.63) is 0 Å². The maximum atomic E-state index is 12.2. The Kier molecular flexibility index (Phi) is 6.28. The molecule has 0 spiro atoms. The Labute approximate surface area is 115 Å². The summed E-state index contributed by atoms with van der Waals surface area (Å²) in [6.45, 7) is 6.13. The van der Waals surface area contributed by atoms with Crippen LogP contribution in [0.25, 0.3) is 0 Å². The van der Waals surface area contributed by atoms with E-state index >= 15 is 0 Å². The number of hydrogen-bond donors (Lipinski definition) is 2. The topological polar surface area (TPSA) is 89.4 Å². The van der Waals surface area contributed by atoms with Crippen LogP contribution in [0.2, 0.25) is 0 Å². The van der Waals surface area contributed by atoms with Gasteiger partial charge in [0.15, 0.2) is 0 Å². The Morgan fingerprint density at radius 3 is 2.26 bits per heavy atom. The molecule has 1 heterocycles. The Hall–Kier alpha value is -1.10. The predicted molar refractivity (Wildman–Crippen MR) is 75.1 cm³/mol. The van der Waals surface area contributed by atoms with E-state index in [2.05, 4.69) is 13.8 Å². The second-order valence-electron chi connectivity index (χ2n) is 5.99. The highest BCUT2D eigenvalue weighted by Crippen LogP contribution is 2.20. The standard InChI is InChI=1S/C14H27N3O2/c1-10(2)7-11(9-15)8-13(18)17-5-3-12(4-6-17)14(16)19/h10-12H,3-9,15H2,1-2H3,(H2,16,19)/t11-/m0/s1. The van der Waals surface area contributed by atoms with Crippen molar-refractivity contribution in [3.8, 4) is 0 Å². The summed E-state index contributed by atoms with van der Waals surface area (Å²) in [6, 6.07) is 0. The van der Waals surface area contributed by atoms with E-state index in [0.29, 0.717) is 44.8 Å². The highest BCUT2D eigenvalue weighted by Gasteiger charge is 2.26. The summed E-state index contributed by atoms with van der Waals surface area (Å²) >= 11 is 0. The first kappa shape index (κ1) is 16.0. The van der Waals surface area contributed by atoms with Gasteiger partial charge in [-0.25, -0.2) is 0 Å². The third kappa shape index (κ3) is 5.19. The fourth-order valence-electron chi connectivity index (χ4n) is 2.72. The highest BCUT2D eigenvalue weighted by molar-refractivity contribution is 5.79. The second kappa shape index (κ2) is 7.48. The number of carbonyl (C=O) groups excluding carboxylic acids is 2. The average Bonchev–Trinajstić information content (AvgIpc) is 2.37. The lowest BCUT2D eigenvalue weighted by Gasteiger charge is -2.31. The predicted octanol–water partition coefficient (Wildman–Crippen LogP) is 0.721. The van der Waals surface area contributed by atoms with Crippen molar-refractivity contribution in [2.45, 2.75) is 39.5 Å². The molecule has 1 fully saturated rings. The van der Waals surface area contributed by atoms with Gasteiger partial charge in [-0.1, -0.05) is 13.8 Å². The molecule has 1 aliphatic heterocycles. The number of primary amides is 1. The molecule has 0 aliphatic carbocycles. The maximum absolute atomic E-state index is 12.2. The molecule has 1 aliphatic rings. The third-order valence-corrected chi connectivity index (χ3v) is 3.85. The minimum atomic E-state index is -0.244. The van der Waals surface area contributed by atoms with Crippen LogP contribution in [-0.2, 0) is 9.59 Å². The van der Waals surface area contributed by atoms with Crippen molar-refractivity contribution >= 4 is 11.8 Å². The fraction of sp³-hybridized carbons (Fsp3) is 0.857. The third-order valence-electron chi connectivity index (χ3n) is 3.85. The van der Waals surface area contributed by atoms with Gasteiger partial charge in [-0.2, -0.15) is 0 Å². The van der Waals surface area contributed by atoms with Crippen molar-refractivity contribution in [3.63, 3.8) is 0 Å². The largest absolute Gasteiger partial charge is 0.369 e. The number of piperidine rings is 1. The molecule has 0 aromatic rings. The van der Waals surface area contributed by atoms with E-state index in [1.54, 1.807) is 0 Å². The first-order valence-electron chi connectivity index (χ1n) is 7.21. The number of hydrogen-bond acceptors (Lipinski definition) is 3. The van der Waals surface area contributed by atoms with Crippen LogP contribution in [0, 0.1) is 17.8 Å². The van der Waals surface area contributed by atoms with Crippen LogP contribution in [0.4, 0.5) is 0 Å². The molecule has 0 aromatic carbocycles. The Bertz CT molecular complexity index is 310. The Morgan fingerprint density at radius 2 is 1.84 bits per heavy atom. The van der Waals surface area contributed by atoms with Gasteiger partial charge in [-0.3, -0.25) is 9.59 Å². The van der Waals surface area contributed by atoms with Crippen LogP contribution >= 0.6 is 0 Å². The van der Waals surface area contributed by atoms with Crippen LogP contribution < -0.4 is 11.5 Å². The van der Waals surface area contributed by atoms with E-state index in [4.69, 9.17) is 11.5 Å². The average molecular weight is 269 g/mol. The van der Waals surface area contributed by atoms with Crippen molar-refractivity contribution in [1.82, 2.24) is 4.90 Å². The van der Waals surface area contributed by atoms with Gasteiger partial charge in [0, 0.05) is 25.4 Å². The van der Waals surface area contributed by atoms with Gasteiger partial charge >= 0.3 is 0 Å². The summed E-state index contributed by atoms with van der Waals surface area (Å²) in [4.78, 5) is 25.1. The fourth-order valence-corrected chi connectivity index (χ4v) is 2.72. The Morgan fingerprint density at radius 1 is 1.26 bits per heavy atom. The molecule has 110 valence electrons. The first-order chi connectivity index (χ1) is 8.93. The van der Waals surface area contributed by atoms with Gasteiger partial charge in [0.2, 0.25) is 11.8 Å². The zero-order valence-electron chi connectivity index (χ0n) is 12.1. The summed E-state index contributed by atoms with van der Waals surface area (Å²) in [5, 5.41) is 0. The molecule has 0 radical (unpaired) electrons. The summed E-state index contributed by atoms with van der Waals surface area (Å²) in [7, 11) is 0. The SMILES string of the molecule is CC(C)C[C@H](CN)CC(=O)N1CCC(C(N)=O)CC1. The van der Waals surface area contributed by atoms with Crippen LogP contribution in [0.3, 0.4) is 0 Å². The number of nitrogens with two attached hydrogens (primary N) is 2. The van der Waals surface area contributed by atoms with Crippen LogP contribution in [0.5, 0.6) is 0 Å². The van der Waals surface area contributed by atoms with Crippen molar-refractivity contribution in [1.29, 1.82) is 0 Å². The molecule has 5 heteroatoms. The second-order valence-corrected chi connectivity index (χ2v) is 5.99. The molecular weight excluding hydrogens is 242 g/mol. The molecule has 0 aromatic heterocycles. The van der Waals surface area contributed by atoms with E-state index in [0.717, 1.165) is 6.42 Å². The van der Waals surface area contributed by atoms with Crippen molar-refractivity contribution in [2.75, 3.05) is 19.6 Å². The van der Waals surface area contributed by atoms with E-state index in [-0.39, 0.29) is 23.7 Å². The van der Waals surface area contributed by atoms with Gasteiger partial charge in [0.25, 0.3) is 0 Å². The summed E-state index contributed by atoms with van der Waals surface area (Å²) < 4.78 is 0. The number of rotatable bonds is 6. The molecule has 19 heavy (non-hydrogen) atoms. The number of carbonyl (C=O) groups is 2. The molecule has 0 saturated carbocycles. The van der Waals surface area contributed by atoms with Gasteiger partial charge in [0.05, 0.1) is 0 Å². The number of amides is 2. The molecule has 1 saturated heterocycles. The van der Waals surface area contributed by atoms with Gasteiger partial charge in [-0.05, 0) is 37.6 Å². The minimum absolute atomic E-state index is 0.0648. The van der Waals surface area contributed by atoms with E-state index in [1.807, 2.05) is 4.90 Å². The monoisotopic (exact) mass is 269 g/mol. The molecule has 0 unspecified atom stereocenters. The lowest BCUT2D eigenvalue weighted by atomic mass is 9.92.